The van der Waals surface area contributed by atoms with Crippen molar-refractivity contribution in [1.29, 1.82) is 0 Å². The average molecular weight is 356 g/mol. The number of fused-ring (bicyclic) bond motifs is 1. The first-order valence-corrected chi connectivity index (χ1v) is 9.63. The van der Waals surface area contributed by atoms with Crippen LogP contribution in [-0.2, 0) is 13.0 Å². The first kappa shape index (κ1) is 18.9. The smallest absolute Gasteiger partial charge is 0.123 e. The zero-order valence-corrected chi connectivity index (χ0v) is 15.6. The quantitative estimate of drug-likeness (QED) is 0.905. The fraction of sp³-hybridized carbons (Fsp3) is 0.455. The highest BCUT2D eigenvalue weighted by molar-refractivity contribution is 5.60. The number of nitrogens with zero attached hydrogens (tertiary/aromatic N) is 2. The molecule has 0 spiro atoms. The van der Waals surface area contributed by atoms with Gasteiger partial charge in [-0.1, -0.05) is 37.3 Å². The predicted molar refractivity (Wildman–Crippen MR) is 105 cm³/mol. The predicted octanol–water partition coefficient (Wildman–Crippen LogP) is 3.85. The van der Waals surface area contributed by atoms with Crippen LogP contribution in [-0.4, -0.2) is 42.2 Å². The SMILES string of the molecule is CCN1CCC(N2CCc3ccc(CO)cc32)CC1.Fc1ccccc1. The van der Waals surface area contributed by atoms with Crippen LogP contribution in [0.25, 0.3) is 0 Å². The fourth-order valence-corrected chi connectivity index (χ4v) is 3.89. The van der Waals surface area contributed by atoms with Gasteiger partial charge in [-0.3, -0.25) is 0 Å². The van der Waals surface area contributed by atoms with Gasteiger partial charge in [0.1, 0.15) is 5.82 Å². The van der Waals surface area contributed by atoms with Crippen LogP contribution in [0.15, 0.2) is 48.5 Å². The summed E-state index contributed by atoms with van der Waals surface area (Å²) in [6.07, 6.45) is 3.71. The molecule has 2 aliphatic rings. The number of anilines is 1. The molecule has 2 aromatic rings. The van der Waals surface area contributed by atoms with Crippen molar-refractivity contribution in [3.05, 3.63) is 65.5 Å². The number of likely N-dealkylation sites (tertiary alicyclic amines) is 1. The van der Waals surface area contributed by atoms with Crippen LogP contribution in [0.1, 0.15) is 30.9 Å². The lowest BCUT2D eigenvalue weighted by atomic mass is 10.0. The zero-order valence-electron chi connectivity index (χ0n) is 15.6. The minimum absolute atomic E-state index is 0.148. The lowest BCUT2D eigenvalue weighted by molar-refractivity contribution is 0.219. The summed E-state index contributed by atoms with van der Waals surface area (Å²) in [6, 6.07) is 15.1. The summed E-state index contributed by atoms with van der Waals surface area (Å²) in [5.74, 6) is -0.178. The number of hydrogen-bond donors (Lipinski definition) is 1. The Hall–Kier alpha value is -1.91. The van der Waals surface area contributed by atoms with E-state index in [2.05, 4.69) is 34.9 Å². The van der Waals surface area contributed by atoms with E-state index in [0.29, 0.717) is 6.04 Å². The lowest BCUT2D eigenvalue weighted by Gasteiger charge is -2.37. The van der Waals surface area contributed by atoms with Crippen molar-refractivity contribution in [3.63, 3.8) is 0 Å². The van der Waals surface area contributed by atoms with Gasteiger partial charge in [-0.15, -0.1) is 0 Å². The van der Waals surface area contributed by atoms with Crippen molar-refractivity contribution >= 4 is 5.69 Å². The summed E-state index contributed by atoms with van der Waals surface area (Å²) in [6.45, 7) is 7.19. The summed E-state index contributed by atoms with van der Waals surface area (Å²) in [4.78, 5) is 5.12. The Bertz CT molecular complexity index is 684. The second-order valence-corrected chi connectivity index (χ2v) is 7.03. The number of piperidine rings is 1. The minimum atomic E-state index is -0.178. The van der Waals surface area contributed by atoms with E-state index in [-0.39, 0.29) is 12.4 Å². The van der Waals surface area contributed by atoms with Crippen LogP contribution < -0.4 is 4.90 Å². The van der Waals surface area contributed by atoms with Crippen LogP contribution in [0, 0.1) is 5.82 Å². The minimum Gasteiger partial charge on any atom is -0.392 e. The number of rotatable bonds is 3. The van der Waals surface area contributed by atoms with Gasteiger partial charge in [-0.25, -0.2) is 4.39 Å². The van der Waals surface area contributed by atoms with E-state index >= 15 is 0 Å². The highest BCUT2D eigenvalue weighted by atomic mass is 19.1. The standard InChI is InChI=1S/C16H24N2O.C6H5F/c1-2-17-8-6-15(7-9-17)18-10-5-14-4-3-13(12-19)11-16(14)18;7-6-4-2-1-3-5-6/h3-4,11,15,19H,2,5-10,12H2,1H3;1-5H. The fourth-order valence-electron chi connectivity index (χ4n) is 3.89. The van der Waals surface area contributed by atoms with Gasteiger partial charge in [0.15, 0.2) is 0 Å². The Morgan fingerprint density at radius 2 is 1.77 bits per heavy atom. The maximum Gasteiger partial charge on any atom is 0.123 e. The molecule has 0 amide bonds. The molecule has 140 valence electrons. The molecule has 3 nitrogen and oxygen atoms in total. The maximum absolute atomic E-state index is 11.9. The van der Waals surface area contributed by atoms with Crippen molar-refractivity contribution in [2.45, 2.75) is 38.8 Å². The third-order valence-electron chi connectivity index (χ3n) is 5.44. The molecule has 4 heteroatoms. The molecular weight excluding hydrogens is 327 g/mol. The molecule has 1 fully saturated rings. The van der Waals surface area contributed by atoms with E-state index in [9.17, 15) is 9.50 Å². The van der Waals surface area contributed by atoms with E-state index in [1.807, 2.05) is 0 Å². The molecule has 0 aliphatic carbocycles. The number of hydrogen-bond acceptors (Lipinski definition) is 3. The molecule has 2 aliphatic heterocycles. The van der Waals surface area contributed by atoms with Crippen molar-refractivity contribution in [1.82, 2.24) is 4.90 Å². The molecule has 0 radical (unpaired) electrons. The Morgan fingerprint density at radius 3 is 2.35 bits per heavy atom. The van der Waals surface area contributed by atoms with Gasteiger partial charge in [-0.05, 0) is 55.1 Å². The van der Waals surface area contributed by atoms with Crippen LogP contribution in [0.3, 0.4) is 0 Å². The highest BCUT2D eigenvalue weighted by Gasteiger charge is 2.28. The topological polar surface area (TPSA) is 26.7 Å². The average Bonchev–Trinajstić information content (AvgIpc) is 3.12. The van der Waals surface area contributed by atoms with Gasteiger partial charge >= 0.3 is 0 Å². The summed E-state index contributed by atoms with van der Waals surface area (Å²) < 4.78 is 11.9. The highest BCUT2D eigenvalue weighted by Crippen LogP contribution is 2.33. The summed E-state index contributed by atoms with van der Waals surface area (Å²) >= 11 is 0. The molecule has 0 bridgehead atoms. The van der Waals surface area contributed by atoms with Crippen LogP contribution >= 0.6 is 0 Å². The van der Waals surface area contributed by atoms with Gasteiger partial charge in [-0.2, -0.15) is 0 Å². The Kier molecular flexibility index (Phi) is 6.64. The molecule has 2 heterocycles. The van der Waals surface area contributed by atoms with Gasteiger partial charge in [0.05, 0.1) is 6.61 Å². The summed E-state index contributed by atoms with van der Waals surface area (Å²) in [5, 5.41) is 9.31. The third kappa shape index (κ3) is 4.63. The summed E-state index contributed by atoms with van der Waals surface area (Å²) in [7, 11) is 0. The first-order valence-electron chi connectivity index (χ1n) is 9.63. The zero-order chi connectivity index (χ0) is 18.4. The van der Waals surface area contributed by atoms with Gasteiger partial charge < -0.3 is 14.9 Å². The van der Waals surface area contributed by atoms with E-state index < -0.39 is 0 Å². The third-order valence-corrected chi connectivity index (χ3v) is 5.44. The number of aliphatic hydroxyl groups excluding tert-OH is 1. The largest absolute Gasteiger partial charge is 0.392 e. The van der Waals surface area contributed by atoms with E-state index in [1.54, 1.807) is 18.2 Å². The molecule has 0 unspecified atom stereocenters. The molecule has 1 saturated heterocycles. The molecule has 2 aromatic carbocycles. The molecule has 0 aromatic heterocycles. The first-order chi connectivity index (χ1) is 12.7. The van der Waals surface area contributed by atoms with Gasteiger partial charge in [0, 0.05) is 31.4 Å². The number of halogens is 1. The van der Waals surface area contributed by atoms with Crippen molar-refractivity contribution in [2.75, 3.05) is 31.1 Å². The van der Waals surface area contributed by atoms with Gasteiger partial charge in [0.2, 0.25) is 0 Å². The normalized spacial score (nSPS) is 17.6. The molecule has 26 heavy (non-hydrogen) atoms. The Balaban J connectivity index is 0.000000236. The number of aliphatic hydroxyl groups is 1. The molecule has 1 N–H and O–H groups in total. The van der Waals surface area contributed by atoms with Crippen molar-refractivity contribution in [2.24, 2.45) is 0 Å². The monoisotopic (exact) mass is 356 g/mol. The van der Waals surface area contributed by atoms with Crippen molar-refractivity contribution < 1.29 is 9.50 Å². The molecular formula is C22H29FN2O. The van der Waals surface area contributed by atoms with Crippen molar-refractivity contribution in [3.8, 4) is 0 Å². The second kappa shape index (κ2) is 9.15. The molecule has 0 atom stereocenters. The van der Waals surface area contributed by atoms with E-state index in [1.165, 1.54) is 55.9 Å². The van der Waals surface area contributed by atoms with Crippen LogP contribution in [0.4, 0.5) is 10.1 Å². The van der Waals surface area contributed by atoms with Crippen LogP contribution in [0.2, 0.25) is 0 Å². The van der Waals surface area contributed by atoms with E-state index in [0.717, 1.165) is 18.5 Å². The Labute approximate surface area is 156 Å². The maximum atomic E-state index is 11.9. The number of benzene rings is 2. The molecule has 0 saturated carbocycles. The lowest BCUT2D eigenvalue weighted by Crippen LogP contribution is -2.44. The summed E-state index contributed by atoms with van der Waals surface area (Å²) in [5.41, 5.74) is 3.87. The van der Waals surface area contributed by atoms with E-state index in [4.69, 9.17) is 0 Å². The Morgan fingerprint density at radius 1 is 1.04 bits per heavy atom. The second-order valence-electron chi connectivity index (χ2n) is 7.03. The van der Waals surface area contributed by atoms with Crippen LogP contribution in [0.5, 0.6) is 0 Å². The molecule has 4 rings (SSSR count). The van der Waals surface area contributed by atoms with Gasteiger partial charge in [0.25, 0.3) is 0 Å².